The summed E-state index contributed by atoms with van der Waals surface area (Å²) >= 11 is 0. The van der Waals surface area contributed by atoms with Gasteiger partial charge in [0.15, 0.2) is 11.5 Å². The van der Waals surface area contributed by atoms with Crippen molar-refractivity contribution in [1.82, 2.24) is 0 Å². The van der Waals surface area contributed by atoms with E-state index in [-0.39, 0.29) is 17.3 Å². The maximum Gasteiger partial charge on any atom is 0.337 e. The molecule has 2 N–H and O–H groups in total. The molecule has 0 aromatic heterocycles. The zero-order valence-electron chi connectivity index (χ0n) is 16.2. The van der Waals surface area contributed by atoms with Crippen molar-refractivity contribution in [2.24, 2.45) is 0 Å². The Morgan fingerprint density at radius 2 is 1.82 bits per heavy atom. The topological polar surface area (TPSA) is 77.3 Å². The highest BCUT2D eigenvalue weighted by Crippen LogP contribution is 2.39. The highest BCUT2D eigenvalue weighted by atomic mass is 16.5. The SMILES string of the molecule is CC[NH+](CC)Cc1c(O)ccc2c1OC(=Cc1ccc(C(=O)OC)cc1)C2=O. The number of phenolic OH excluding ortho intramolecular Hbond substituents is 1. The fraction of sp³-hybridized carbons (Fsp3) is 0.273. The number of rotatable bonds is 6. The van der Waals surface area contributed by atoms with Gasteiger partial charge in [-0.1, -0.05) is 12.1 Å². The number of aromatic hydroxyl groups is 1. The number of phenols is 1. The maximum absolute atomic E-state index is 12.8. The molecule has 0 radical (unpaired) electrons. The van der Waals surface area contributed by atoms with Crippen molar-refractivity contribution >= 4 is 17.8 Å². The molecule has 0 aliphatic carbocycles. The number of ketones is 1. The monoisotopic (exact) mass is 382 g/mol. The Hall–Kier alpha value is -3.12. The average Bonchev–Trinajstić information content (AvgIpc) is 3.03. The first-order valence-electron chi connectivity index (χ1n) is 9.29. The van der Waals surface area contributed by atoms with E-state index < -0.39 is 5.97 Å². The Morgan fingerprint density at radius 3 is 2.43 bits per heavy atom. The predicted octanol–water partition coefficient (Wildman–Crippen LogP) is 2.22. The molecule has 6 nitrogen and oxygen atoms in total. The second-order valence-corrected chi connectivity index (χ2v) is 6.63. The maximum atomic E-state index is 12.8. The summed E-state index contributed by atoms with van der Waals surface area (Å²) < 4.78 is 10.6. The number of hydrogen-bond donors (Lipinski definition) is 2. The predicted molar refractivity (Wildman–Crippen MR) is 105 cm³/mol. The van der Waals surface area contributed by atoms with Gasteiger partial charge < -0.3 is 19.5 Å². The van der Waals surface area contributed by atoms with E-state index in [2.05, 4.69) is 18.6 Å². The van der Waals surface area contributed by atoms with E-state index in [1.54, 1.807) is 42.5 Å². The van der Waals surface area contributed by atoms with Crippen molar-refractivity contribution in [3.63, 3.8) is 0 Å². The molecule has 6 heteroatoms. The molecule has 3 rings (SSSR count). The number of Topliss-reactive ketones (excluding diaryl/α,β-unsaturated/α-hetero) is 1. The van der Waals surface area contributed by atoms with Crippen LogP contribution < -0.4 is 9.64 Å². The minimum atomic E-state index is -0.418. The molecule has 2 aromatic rings. The number of benzene rings is 2. The molecule has 28 heavy (non-hydrogen) atoms. The smallest absolute Gasteiger partial charge is 0.337 e. The summed E-state index contributed by atoms with van der Waals surface area (Å²) in [5.41, 5.74) is 2.26. The van der Waals surface area contributed by atoms with E-state index in [0.29, 0.717) is 29.0 Å². The summed E-state index contributed by atoms with van der Waals surface area (Å²) in [5.74, 6) is 0.125. The number of ether oxygens (including phenoxy) is 2. The van der Waals surface area contributed by atoms with E-state index in [1.165, 1.54) is 12.0 Å². The molecular formula is C22H24NO5+. The van der Waals surface area contributed by atoms with Crippen molar-refractivity contribution in [3.05, 3.63) is 64.4 Å². The molecule has 1 aliphatic rings. The molecule has 0 bridgehead atoms. The Balaban J connectivity index is 1.91. The van der Waals surface area contributed by atoms with E-state index in [0.717, 1.165) is 18.7 Å². The van der Waals surface area contributed by atoms with Crippen LogP contribution in [0, 0.1) is 0 Å². The number of carbonyl (C=O) groups excluding carboxylic acids is 2. The van der Waals surface area contributed by atoms with Gasteiger partial charge in [0.05, 0.1) is 36.9 Å². The molecule has 0 saturated carbocycles. The molecule has 0 spiro atoms. The first-order chi connectivity index (χ1) is 13.5. The van der Waals surface area contributed by atoms with E-state index in [1.807, 2.05) is 0 Å². The summed E-state index contributed by atoms with van der Waals surface area (Å²) in [5, 5.41) is 10.3. The fourth-order valence-electron chi connectivity index (χ4n) is 3.20. The van der Waals surface area contributed by atoms with Crippen LogP contribution in [0.4, 0.5) is 0 Å². The lowest BCUT2D eigenvalue weighted by Crippen LogP contribution is -3.10. The van der Waals surface area contributed by atoms with Crippen LogP contribution in [0.5, 0.6) is 11.5 Å². The summed E-state index contributed by atoms with van der Waals surface area (Å²) in [6, 6.07) is 9.84. The Bertz CT molecular complexity index is 927. The molecule has 0 saturated heterocycles. The third-order valence-corrected chi connectivity index (χ3v) is 4.97. The average molecular weight is 382 g/mol. The van der Waals surface area contributed by atoms with Crippen molar-refractivity contribution in [2.45, 2.75) is 20.4 Å². The van der Waals surface area contributed by atoms with Crippen LogP contribution in [0.25, 0.3) is 6.08 Å². The fourth-order valence-corrected chi connectivity index (χ4v) is 3.20. The van der Waals surface area contributed by atoms with Crippen LogP contribution in [-0.4, -0.2) is 37.1 Å². The van der Waals surface area contributed by atoms with Crippen LogP contribution >= 0.6 is 0 Å². The minimum absolute atomic E-state index is 0.134. The van der Waals surface area contributed by atoms with Gasteiger partial charge in [0, 0.05) is 0 Å². The van der Waals surface area contributed by atoms with Crippen molar-refractivity contribution < 1.29 is 29.1 Å². The zero-order valence-corrected chi connectivity index (χ0v) is 16.2. The van der Waals surface area contributed by atoms with Crippen LogP contribution in [-0.2, 0) is 11.3 Å². The summed E-state index contributed by atoms with van der Waals surface area (Å²) in [7, 11) is 1.33. The van der Waals surface area contributed by atoms with Gasteiger partial charge in [-0.25, -0.2) is 4.79 Å². The van der Waals surface area contributed by atoms with Gasteiger partial charge in [-0.15, -0.1) is 0 Å². The van der Waals surface area contributed by atoms with Gasteiger partial charge in [-0.05, 0) is 49.8 Å². The molecule has 0 unspecified atom stereocenters. The number of fused-ring (bicyclic) bond motifs is 1. The second-order valence-electron chi connectivity index (χ2n) is 6.63. The van der Waals surface area contributed by atoms with Crippen LogP contribution in [0.3, 0.4) is 0 Å². The number of methoxy groups -OCH3 is 1. The summed E-state index contributed by atoms with van der Waals surface area (Å²) in [6.07, 6.45) is 1.63. The molecule has 2 aromatic carbocycles. The number of hydrogen-bond acceptors (Lipinski definition) is 5. The molecule has 146 valence electrons. The van der Waals surface area contributed by atoms with Crippen LogP contribution in [0.2, 0.25) is 0 Å². The van der Waals surface area contributed by atoms with Gasteiger partial charge in [0.2, 0.25) is 5.78 Å². The van der Waals surface area contributed by atoms with Crippen molar-refractivity contribution in [2.75, 3.05) is 20.2 Å². The lowest BCUT2D eigenvalue weighted by Gasteiger charge is -2.17. The van der Waals surface area contributed by atoms with E-state index in [9.17, 15) is 14.7 Å². The van der Waals surface area contributed by atoms with Gasteiger partial charge in [0.1, 0.15) is 12.3 Å². The Labute approximate surface area is 164 Å². The highest BCUT2D eigenvalue weighted by Gasteiger charge is 2.32. The van der Waals surface area contributed by atoms with Crippen LogP contribution in [0.1, 0.15) is 45.7 Å². The third kappa shape index (κ3) is 3.77. The molecule has 1 heterocycles. The molecule has 0 fully saturated rings. The molecule has 0 amide bonds. The standard InChI is InChI=1S/C22H23NO5/c1-4-23(5-2)13-17-18(24)11-10-16-20(25)19(28-21(16)17)12-14-6-8-15(9-7-14)22(26)27-3/h6-12,24H,4-5,13H2,1-3H3/p+1. The Kier molecular flexibility index (Phi) is 5.80. The zero-order chi connectivity index (χ0) is 20.3. The summed E-state index contributed by atoms with van der Waals surface area (Å²) in [6.45, 7) is 6.55. The lowest BCUT2D eigenvalue weighted by atomic mass is 10.0. The van der Waals surface area contributed by atoms with E-state index >= 15 is 0 Å². The van der Waals surface area contributed by atoms with Gasteiger partial charge in [-0.2, -0.15) is 0 Å². The molecule has 0 atom stereocenters. The number of carbonyl (C=O) groups is 2. The Morgan fingerprint density at radius 1 is 1.14 bits per heavy atom. The summed E-state index contributed by atoms with van der Waals surface area (Å²) in [4.78, 5) is 25.6. The highest BCUT2D eigenvalue weighted by molar-refractivity contribution is 6.15. The second kappa shape index (κ2) is 8.27. The normalized spacial score (nSPS) is 14.3. The van der Waals surface area contributed by atoms with Crippen LogP contribution in [0.15, 0.2) is 42.2 Å². The van der Waals surface area contributed by atoms with Gasteiger partial charge in [0.25, 0.3) is 0 Å². The molecular weight excluding hydrogens is 358 g/mol. The first-order valence-corrected chi connectivity index (χ1v) is 9.29. The number of nitrogens with one attached hydrogen (secondary N) is 1. The number of quaternary nitrogens is 1. The lowest BCUT2D eigenvalue weighted by molar-refractivity contribution is -0.910. The number of esters is 1. The minimum Gasteiger partial charge on any atom is -0.507 e. The largest absolute Gasteiger partial charge is 0.507 e. The van der Waals surface area contributed by atoms with Gasteiger partial charge >= 0.3 is 5.97 Å². The van der Waals surface area contributed by atoms with Crippen molar-refractivity contribution in [3.8, 4) is 11.5 Å². The van der Waals surface area contributed by atoms with Crippen molar-refractivity contribution in [1.29, 1.82) is 0 Å². The third-order valence-electron chi connectivity index (χ3n) is 4.97. The molecule has 1 aliphatic heterocycles. The van der Waals surface area contributed by atoms with Gasteiger partial charge in [-0.3, -0.25) is 4.79 Å². The number of allylic oxidation sites excluding steroid dienone is 1. The first kappa shape index (κ1) is 19.6. The van der Waals surface area contributed by atoms with E-state index in [4.69, 9.17) is 4.74 Å². The quantitative estimate of drug-likeness (QED) is 0.592.